The van der Waals surface area contributed by atoms with Gasteiger partial charge in [-0.1, -0.05) is 17.7 Å². The molecule has 0 aliphatic rings. The second-order valence-electron chi connectivity index (χ2n) is 4.49. The second-order valence-corrected chi connectivity index (χ2v) is 8.54. The highest BCUT2D eigenvalue weighted by atomic mass is 33.1. The molecule has 0 N–H and O–H groups in total. The highest BCUT2D eigenvalue weighted by Crippen LogP contribution is 2.24. The number of carbonyl (C=O) groups is 1. The van der Waals surface area contributed by atoms with Crippen LogP contribution in [0.25, 0.3) is 0 Å². The summed E-state index contributed by atoms with van der Waals surface area (Å²) in [6.07, 6.45) is 2.41. The summed E-state index contributed by atoms with van der Waals surface area (Å²) in [5.74, 6) is 0.275. The number of ether oxygens (including phenoxy) is 1. The number of aryl methyl sites for hydroxylation is 1. The molecular formula is C14H20O4S2. The molecule has 1 aromatic carbocycles. The molecule has 1 aromatic rings. The van der Waals surface area contributed by atoms with Crippen LogP contribution in [0, 0.1) is 6.92 Å². The molecule has 0 aliphatic carbocycles. The molecule has 6 heteroatoms. The second kappa shape index (κ2) is 8.32. The van der Waals surface area contributed by atoms with Crippen molar-refractivity contribution in [2.45, 2.75) is 38.0 Å². The van der Waals surface area contributed by atoms with Gasteiger partial charge in [0.05, 0.1) is 11.5 Å². The minimum Gasteiger partial charge on any atom is -0.466 e. The Hall–Kier alpha value is -1.01. The Kier molecular flexibility index (Phi) is 7.09. The Bertz CT molecular complexity index is 521. The number of esters is 1. The molecule has 0 unspecified atom stereocenters. The van der Waals surface area contributed by atoms with Crippen molar-refractivity contribution in [2.75, 3.05) is 12.4 Å². The van der Waals surface area contributed by atoms with Crippen molar-refractivity contribution in [1.82, 2.24) is 0 Å². The molecule has 20 heavy (non-hydrogen) atoms. The van der Waals surface area contributed by atoms with Crippen LogP contribution in [0.3, 0.4) is 0 Å². The van der Waals surface area contributed by atoms with Crippen LogP contribution in [0.2, 0.25) is 0 Å². The number of unbranched alkanes of at least 4 members (excludes halogenated alkanes) is 2. The third-order valence-electron chi connectivity index (χ3n) is 2.64. The van der Waals surface area contributed by atoms with Crippen LogP contribution in [-0.4, -0.2) is 26.7 Å². The standard InChI is InChI=1S/C14H20O4S2/c1-12-6-8-14(9-7-12)20(16,17)19-11-5-3-4-10-18-13(2)15/h6-9H,3-5,10-11H2,1-2H3. The zero-order valence-electron chi connectivity index (χ0n) is 11.8. The summed E-state index contributed by atoms with van der Waals surface area (Å²) >= 11 is 0. The predicted octanol–water partition coefficient (Wildman–Crippen LogP) is 3.15. The zero-order chi connectivity index (χ0) is 15.0. The molecule has 0 bridgehead atoms. The molecule has 0 aliphatic heterocycles. The van der Waals surface area contributed by atoms with Crippen LogP contribution in [-0.2, 0) is 18.4 Å². The summed E-state index contributed by atoms with van der Waals surface area (Å²) in [5.41, 5.74) is 1.04. The van der Waals surface area contributed by atoms with Crippen molar-refractivity contribution in [3.8, 4) is 0 Å². The molecule has 0 saturated carbocycles. The summed E-state index contributed by atoms with van der Waals surface area (Å²) in [6.45, 7) is 3.71. The molecule has 0 heterocycles. The first-order valence-corrected chi connectivity index (χ1v) is 9.50. The van der Waals surface area contributed by atoms with Crippen LogP contribution >= 0.6 is 10.8 Å². The molecule has 0 aromatic heterocycles. The molecule has 1 rings (SSSR count). The number of hydrogen-bond acceptors (Lipinski definition) is 5. The molecule has 0 fully saturated rings. The lowest BCUT2D eigenvalue weighted by molar-refractivity contribution is -0.141. The Morgan fingerprint density at radius 1 is 1.15 bits per heavy atom. The van der Waals surface area contributed by atoms with Crippen molar-refractivity contribution in [2.24, 2.45) is 0 Å². The van der Waals surface area contributed by atoms with Gasteiger partial charge in [0, 0.05) is 12.7 Å². The van der Waals surface area contributed by atoms with Gasteiger partial charge in [-0.2, -0.15) is 0 Å². The maximum absolute atomic E-state index is 12.0. The van der Waals surface area contributed by atoms with E-state index >= 15 is 0 Å². The van der Waals surface area contributed by atoms with Crippen molar-refractivity contribution in [3.05, 3.63) is 29.8 Å². The fourth-order valence-electron chi connectivity index (χ4n) is 1.54. The maximum Gasteiger partial charge on any atom is 0.302 e. The van der Waals surface area contributed by atoms with Gasteiger partial charge in [0.25, 0.3) is 0 Å². The molecule has 0 saturated heterocycles. The van der Waals surface area contributed by atoms with Crippen molar-refractivity contribution in [1.29, 1.82) is 0 Å². The fourth-order valence-corrected chi connectivity index (χ4v) is 4.44. The minimum absolute atomic E-state index is 0.277. The van der Waals surface area contributed by atoms with E-state index in [9.17, 15) is 13.2 Å². The summed E-state index contributed by atoms with van der Waals surface area (Å²) in [6, 6.07) is 6.87. The largest absolute Gasteiger partial charge is 0.466 e. The van der Waals surface area contributed by atoms with Gasteiger partial charge in [0.2, 0.25) is 8.87 Å². The van der Waals surface area contributed by atoms with Crippen LogP contribution in [0.15, 0.2) is 29.2 Å². The van der Waals surface area contributed by atoms with E-state index in [0.29, 0.717) is 17.3 Å². The minimum atomic E-state index is -3.25. The maximum atomic E-state index is 12.0. The van der Waals surface area contributed by atoms with E-state index in [1.165, 1.54) is 6.92 Å². The van der Waals surface area contributed by atoms with Gasteiger partial charge in [-0.3, -0.25) is 4.79 Å². The van der Waals surface area contributed by atoms with Crippen molar-refractivity contribution < 1.29 is 17.9 Å². The summed E-state index contributed by atoms with van der Waals surface area (Å²) in [4.78, 5) is 10.9. The first-order chi connectivity index (χ1) is 9.42. The van der Waals surface area contributed by atoms with Crippen molar-refractivity contribution >= 4 is 25.6 Å². The van der Waals surface area contributed by atoms with Crippen LogP contribution < -0.4 is 0 Å². The van der Waals surface area contributed by atoms with Gasteiger partial charge in [-0.05, 0) is 49.1 Å². The molecule has 4 nitrogen and oxygen atoms in total. The predicted molar refractivity (Wildman–Crippen MR) is 81.3 cm³/mol. The monoisotopic (exact) mass is 316 g/mol. The van der Waals surface area contributed by atoms with Gasteiger partial charge in [0.1, 0.15) is 0 Å². The smallest absolute Gasteiger partial charge is 0.302 e. The van der Waals surface area contributed by atoms with Crippen LogP contribution in [0.4, 0.5) is 0 Å². The lowest BCUT2D eigenvalue weighted by atomic mass is 10.2. The number of hydrogen-bond donors (Lipinski definition) is 0. The summed E-state index contributed by atoms with van der Waals surface area (Å²) in [7, 11) is -2.29. The van der Waals surface area contributed by atoms with E-state index in [2.05, 4.69) is 0 Å². The lowest BCUT2D eigenvalue weighted by Gasteiger charge is -2.05. The lowest BCUT2D eigenvalue weighted by Crippen LogP contribution is -2.01. The van der Waals surface area contributed by atoms with Crippen molar-refractivity contribution in [3.63, 3.8) is 0 Å². The molecule has 0 spiro atoms. The Morgan fingerprint density at radius 3 is 2.40 bits per heavy atom. The van der Waals surface area contributed by atoms with E-state index in [0.717, 1.165) is 35.6 Å². The third-order valence-corrected chi connectivity index (χ3v) is 6.27. The normalized spacial score (nSPS) is 11.3. The van der Waals surface area contributed by atoms with Crippen LogP contribution in [0.5, 0.6) is 0 Å². The Labute approximate surface area is 124 Å². The molecule has 112 valence electrons. The average Bonchev–Trinajstić information content (AvgIpc) is 2.37. The highest BCUT2D eigenvalue weighted by molar-refractivity contribution is 8.72. The first kappa shape index (κ1) is 17.0. The van der Waals surface area contributed by atoms with E-state index in [-0.39, 0.29) is 5.97 Å². The van der Waals surface area contributed by atoms with E-state index in [4.69, 9.17) is 4.74 Å². The highest BCUT2D eigenvalue weighted by Gasteiger charge is 2.14. The quantitative estimate of drug-likeness (QED) is 0.419. The van der Waals surface area contributed by atoms with Gasteiger partial charge in [-0.25, -0.2) is 8.42 Å². The van der Waals surface area contributed by atoms with Gasteiger partial charge >= 0.3 is 5.97 Å². The van der Waals surface area contributed by atoms with Crippen LogP contribution in [0.1, 0.15) is 31.7 Å². The van der Waals surface area contributed by atoms with E-state index in [1.54, 1.807) is 24.3 Å². The number of benzene rings is 1. The molecule has 0 atom stereocenters. The Morgan fingerprint density at radius 2 is 1.80 bits per heavy atom. The summed E-state index contributed by atoms with van der Waals surface area (Å²) in [5, 5.41) is 0. The first-order valence-electron chi connectivity index (χ1n) is 6.51. The third kappa shape index (κ3) is 6.43. The van der Waals surface area contributed by atoms with E-state index in [1.807, 2.05) is 6.92 Å². The molecule has 0 radical (unpaired) electrons. The molecule has 0 amide bonds. The summed E-state index contributed by atoms with van der Waals surface area (Å²) < 4.78 is 28.8. The van der Waals surface area contributed by atoms with E-state index < -0.39 is 8.87 Å². The topological polar surface area (TPSA) is 60.4 Å². The molecular weight excluding hydrogens is 296 g/mol. The number of carbonyl (C=O) groups excluding carboxylic acids is 1. The van der Waals surface area contributed by atoms with Gasteiger partial charge in [-0.15, -0.1) is 0 Å². The Balaban J connectivity index is 2.27. The van der Waals surface area contributed by atoms with Gasteiger partial charge in [0.15, 0.2) is 0 Å². The number of rotatable bonds is 8. The average molecular weight is 316 g/mol. The fraction of sp³-hybridized carbons (Fsp3) is 0.500. The zero-order valence-corrected chi connectivity index (χ0v) is 13.4. The SMILES string of the molecule is CC(=O)OCCCCCSS(=O)(=O)c1ccc(C)cc1. The van der Waals surface area contributed by atoms with Gasteiger partial charge < -0.3 is 4.74 Å².